The second kappa shape index (κ2) is 6.13. The molecule has 7 heteroatoms. The van der Waals surface area contributed by atoms with Crippen LogP contribution in [-0.2, 0) is 10.3 Å². The van der Waals surface area contributed by atoms with Gasteiger partial charge in [0.25, 0.3) is 0 Å². The normalized spacial score (nSPS) is 14.7. The molecule has 0 aromatic heterocycles. The summed E-state index contributed by atoms with van der Waals surface area (Å²) < 4.78 is 42.0. The Morgan fingerprint density at radius 2 is 1.85 bits per heavy atom. The molecule has 0 fully saturated rings. The van der Waals surface area contributed by atoms with E-state index in [2.05, 4.69) is 5.32 Å². The third-order valence-electron chi connectivity index (χ3n) is 3.07. The molecular formula is C13H16F3NO3. The summed E-state index contributed by atoms with van der Waals surface area (Å²) in [6.45, 7) is 0.140. The number of methoxy groups -OCH3 is 1. The Morgan fingerprint density at radius 1 is 1.30 bits per heavy atom. The second-order valence-electron chi connectivity index (χ2n) is 4.26. The lowest BCUT2D eigenvalue weighted by Crippen LogP contribution is -2.51. The van der Waals surface area contributed by atoms with Crippen LogP contribution in [0.4, 0.5) is 13.2 Å². The minimum Gasteiger partial charge on any atom is -0.497 e. The molecular weight excluding hydrogens is 275 g/mol. The van der Waals surface area contributed by atoms with Crippen molar-refractivity contribution in [3.63, 3.8) is 0 Å². The van der Waals surface area contributed by atoms with Gasteiger partial charge in [-0.15, -0.1) is 0 Å². The van der Waals surface area contributed by atoms with E-state index in [-0.39, 0.29) is 12.0 Å². The number of alkyl halides is 3. The first-order chi connectivity index (χ1) is 9.25. The molecule has 112 valence electrons. The lowest BCUT2D eigenvalue weighted by atomic mass is 9.87. The van der Waals surface area contributed by atoms with E-state index < -0.39 is 24.2 Å². The van der Waals surface area contributed by atoms with Gasteiger partial charge in [0.05, 0.1) is 13.7 Å². The molecule has 1 unspecified atom stereocenters. The minimum absolute atomic E-state index is 0.0231. The molecule has 0 saturated carbocycles. The predicted molar refractivity (Wildman–Crippen MR) is 66.7 cm³/mol. The number of hydrogen-bond donors (Lipinski definition) is 2. The van der Waals surface area contributed by atoms with Crippen LogP contribution < -0.4 is 10.1 Å². The van der Waals surface area contributed by atoms with Crippen molar-refractivity contribution in [2.75, 3.05) is 13.7 Å². The fourth-order valence-electron chi connectivity index (χ4n) is 1.91. The number of aliphatic carboxylic acids is 1. The topological polar surface area (TPSA) is 58.6 Å². The van der Waals surface area contributed by atoms with Crippen LogP contribution in [0.1, 0.15) is 18.9 Å². The Bertz CT molecular complexity index is 459. The molecule has 20 heavy (non-hydrogen) atoms. The highest BCUT2D eigenvalue weighted by Gasteiger charge is 2.41. The van der Waals surface area contributed by atoms with Gasteiger partial charge >= 0.3 is 12.1 Å². The maximum atomic E-state index is 12.3. The number of carbonyl (C=O) groups is 1. The standard InChI is InChI=1S/C13H16F3NO3/c1-3-12(11(18)19,17-8-13(14,15)16)9-4-6-10(20-2)7-5-9/h4-7,17H,3,8H2,1-2H3,(H,18,19). The Hall–Kier alpha value is -1.76. The summed E-state index contributed by atoms with van der Waals surface area (Å²) in [5.41, 5.74) is -1.53. The Balaban J connectivity index is 3.12. The molecule has 1 atom stereocenters. The van der Waals surface area contributed by atoms with Crippen molar-refractivity contribution in [1.29, 1.82) is 0 Å². The Morgan fingerprint density at radius 3 is 2.20 bits per heavy atom. The number of ether oxygens (including phenoxy) is 1. The summed E-state index contributed by atoms with van der Waals surface area (Å²) in [4.78, 5) is 11.5. The fourth-order valence-corrected chi connectivity index (χ4v) is 1.91. The van der Waals surface area contributed by atoms with Crippen LogP contribution in [0.3, 0.4) is 0 Å². The molecule has 0 spiro atoms. The smallest absolute Gasteiger partial charge is 0.401 e. The summed E-state index contributed by atoms with van der Waals surface area (Å²) in [6.07, 6.45) is -4.51. The summed E-state index contributed by atoms with van der Waals surface area (Å²) in [7, 11) is 1.45. The van der Waals surface area contributed by atoms with E-state index in [0.717, 1.165) is 0 Å². The molecule has 1 aromatic carbocycles. The first-order valence-electron chi connectivity index (χ1n) is 5.95. The maximum Gasteiger partial charge on any atom is 0.401 e. The number of rotatable bonds is 6. The lowest BCUT2D eigenvalue weighted by molar-refractivity contribution is -0.151. The summed E-state index contributed by atoms with van der Waals surface area (Å²) >= 11 is 0. The minimum atomic E-state index is -4.48. The number of carboxylic acids is 1. The SMILES string of the molecule is CCC(NCC(F)(F)F)(C(=O)O)c1ccc(OC)cc1. The highest BCUT2D eigenvalue weighted by molar-refractivity contribution is 5.80. The number of carboxylic acid groups (broad SMARTS) is 1. The number of halogens is 3. The van der Waals surface area contributed by atoms with E-state index in [9.17, 15) is 23.1 Å². The van der Waals surface area contributed by atoms with E-state index in [1.165, 1.54) is 38.3 Å². The number of nitrogens with one attached hydrogen (secondary N) is 1. The van der Waals surface area contributed by atoms with Gasteiger partial charge in [-0.2, -0.15) is 13.2 Å². The van der Waals surface area contributed by atoms with Gasteiger partial charge in [0.2, 0.25) is 0 Å². The second-order valence-corrected chi connectivity index (χ2v) is 4.26. The van der Waals surface area contributed by atoms with Gasteiger partial charge in [-0.1, -0.05) is 19.1 Å². The van der Waals surface area contributed by atoms with Gasteiger partial charge in [0, 0.05) is 0 Å². The van der Waals surface area contributed by atoms with E-state index in [1.807, 2.05) is 0 Å². The zero-order valence-electron chi connectivity index (χ0n) is 11.1. The first-order valence-corrected chi connectivity index (χ1v) is 5.95. The summed E-state index contributed by atoms with van der Waals surface area (Å²) in [5.74, 6) is -0.852. The van der Waals surface area contributed by atoms with Gasteiger partial charge in [0.15, 0.2) is 0 Å². The van der Waals surface area contributed by atoms with Gasteiger partial charge in [0.1, 0.15) is 11.3 Å². The van der Waals surface area contributed by atoms with Crippen molar-refractivity contribution in [1.82, 2.24) is 5.32 Å². The van der Waals surface area contributed by atoms with E-state index in [1.54, 1.807) is 0 Å². The van der Waals surface area contributed by atoms with Crippen molar-refractivity contribution in [3.8, 4) is 5.75 Å². The highest BCUT2D eigenvalue weighted by Crippen LogP contribution is 2.28. The maximum absolute atomic E-state index is 12.3. The van der Waals surface area contributed by atoms with Crippen LogP contribution in [-0.4, -0.2) is 30.9 Å². The molecule has 4 nitrogen and oxygen atoms in total. The Labute approximate surface area is 114 Å². The van der Waals surface area contributed by atoms with Crippen molar-refractivity contribution < 1.29 is 27.8 Å². The quantitative estimate of drug-likeness (QED) is 0.845. The number of benzene rings is 1. The van der Waals surface area contributed by atoms with Gasteiger partial charge in [-0.3, -0.25) is 5.32 Å². The zero-order valence-corrected chi connectivity index (χ0v) is 11.1. The van der Waals surface area contributed by atoms with Crippen molar-refractivity contribution in [3.05, 3.63) is 29.8 Å². The summed E-state index contributed by atoms with van der Waals surface area (Å²) in [6, 6.07) is 5.91. The zero-order chi connectivity index (χ0) is 15.4. The molecule has 0 bridgehead atoms. The average molecular weight is 291 g/mol. The van der Waals surface area contributed by atoms with E-state index >= 15 is 0 Å². The van der Waals surface area contributed by atoms with Gasteiger partial charge in [-0.25, -0.2) is 4.79 Å². The van der Waals surface area contributed by atoms with Crippen LogP contribution in [0.15, 0.2) is 24.3 Å². The molecule has 0 aliphatic heterocycles. The van der Waals surface area contributed by atoms with E-state index in [4.69, 9.17) is 4.74 Å². The molecule has 1 aromatic rings. The first kappa shape index (κ1) is 16.3. The molecule has 0 amide bonds. The van der Waals surface area contributed by atoms with Crippen LogP contribution in [0.2, 0.25) is 0 Å². The molecule has 0 aliphatic rings. The van der Waals surface area contributed by atoms with Crippen molar-refractivity contribution in [2.45, 2.75) is 25.1 Å². The van der Waals surface area contributed by atoms with Crippen molar-refractivity contribution >= 4 is 5.97 Å². The average Bonchev–Trinajstić information content (AvgIpc) is 2.39. The lowest BCUT2D eigenvalue weighted by Gasteiger charge is -2.30. The molecule has 0 aliphatic carbocycles. The highest BCUT2D eigenvalue weighted by atomic mass is 19.4. The Kier molecular flexibility index (Phi) is 4.99. The fraction of sp³-hybridized carbons (Fsp3) is 0.462. The third-order valence-corrected chi connectivity index (χ3v) is 3.07. The molecule has 0 heterocycles. The molecule has 1 rings (SSSR count). The number of hydrogen-bond acceptors (Lipinski definition) is 3. The van der Waals surface area contributed by atoms with Gasteiger partial charge in [-0.05, 0) is 24.1 Å². The van der Waals surface area contributed by atoms with Gasteiger partial charge < -0.3 is 9.84 Å². The monoisotopic (exact) mass is 291 g/mol. The molecule has 0 radical (unpaired) electrons. The van der Waals surface area contributed by atoms with Crippen molar-refractivity contribution in [2.24, 2.45) is 0 Å². The molecule has 0 saturated heterocycles. The van der Waals surface area contributed by atoms with Crippen LogP contribution in [0.5, 0.6) is 5.75 Å². The van der Waals surface area contributed by atoms with E-state index in [0.29, 0.717) is 5.75 Å². The largest absolute Gasteiger partial charge is 0.497 e. The van der Waals surface area contributed by atoms with Crippen LogP contribution in [0.25, 0.3) is 0 Å². The van der Waals surface area contributed by atoms with Crippen LogP contribution >= 0.6 is 0 Å². The molecule has 2 N–H and O–H groups in total. The van der Waals surface area contributed by atoms with Crippen LogP contribution in [0, 0.1) is 0 Å². The third kappa shape index (κ3) is 3.63. The summed E-state index contributed by atoms with van der Waals surface area (Å²) in [5, 5.41) is 11.5. The predicted octanol–water partition coefficient (Wildman–Crippen LogP) is 2.54.